The minimum atomic E-state index is -0.0534. The highest BCUT2D eigenvalue weighted by atomic mass is 16.5. The third kappa shape index (κ3) is 5.17. The zero-order chi connectivity index (χ0) is 20.8. The molecule has 0 saturated heterocycles. The van der Waals surface area contributed by atoms with E-state index in [9.17, 15) is 4.79 Å². The largest absolute Gasteiger partial charge is 0.493 e. The average Bonchev–Trinajstić information content (AvgIpc) is 2.74. The molecule has 0 spiro atoms. The summed E-state index contributed by atoms with van der Waals surface area (Å²) in [6.45, 7) is 3.07. The third-order valence-corrected chi connectivity index (χ3v) is 5.10. The molecule has 0 unspecified atom stereocenters. The van der Waals surface area contributed by atoms with Gasteiger partial charge in [-0.15, -0.1) is 0 Å². The van der Waals surface area contributed by atoms with Crippen LogP contribution in [0.4, 0.5) is 5.69 Å². The molecule has 1 aliphatic rings. The molecule has 1 aromatic heterocycles. The Morgan fingerprint density at radius 3 is 2.59 bits per heavy atom. The molecule has 7 heteroatoms. The van der Waals surface area contributed by atoms with Crippen LogP contribution in [0.1, 0.15) is 28.0 Å². The van der Waals surface area contributed by atoms with Crippen molar-refractivity contribution in [1.29, 1.82) is 0 Å². The lowest BCUT2D eigenvalue weighted by Crippen LogP contribution is -2.36. The van der Waals surface area contributed by atoms with E-state index in [0.29, 0.717) is 24.5 Å². The molecule has 3 rings (SSSR count). The molecule has 1 aliphatic heterocycles. The van der Waals surface area contributed by atoms with Crippen LogP contribution in [0.3, 0.4) is 0 Å². The smallest absolute Gasteiger partial charge is 0.272 e. The van der Waals surface area contributed by atoms with E-state index >= 15 is 0 Å². The second kappa shape index (κ2) is 9.60. The van der Waals surface area contributed by atoms with Crippen molar-refractivity contribution in [3.8, 4) is 11.5 Å². The predicted molar refractivity (Wildman–Crippen MR) is 114 cm³/mol. The number of carbonyl (C=O) groups is 1. The number of carbonyl (C=O) groups excluding carboxylic acids is 1. The molecule has 0 saturated carbocycles. The Morgan fingerprint density at radius 1 is 1.17 bits per heavy atom. The van der Waals surface area contributed by atoms with Gasteiger partial charge in [0.25, 0.3) is 5.91 Å². The lowest BCUT2D eigenvalue weighted by Gasteiger charge is -2.29. The second-order valence-corrected chi connectivity index (χ2v) is 7.47. The Balaban J connectivity index is 1.68. The fourth-order valence-electron chi connectivity index (χ4n) is 3.50. The van der Waals surface area contributed by atoms with Gasteiger partial charge in [-0.1, -0.05) is 0 Å². The Hall–Kier alpha value is -2.80. The maximum atomic E-state index is 13.0. The SMILES string of the molecule is COc1cc2c(cc1OC)CN(C(=O)c1cc(NCCCN(C)C)ccn1)CC2. The third-order valence-electron chi connectivity index (χ3n) is 5.10. The molecule has 0 atom stereocenters. The first-order valence-electron chi connectivity index (χ1n) is 9.89. The second-order valence-electron chi connectivity index (χ2n) is 7.47. The number of anilines is 1. The summed E-state index contributed by atoms with van der Waals surface area (Å²) >= 11 is 0. The summed E-state index contributed by atoms with van der Waals surface area (Å²) in [5.41, 5.74) is 3.66. The molecule has 29 heavy (non-hydrogen) atoms. The maximum Gasteiger partial charge on any atom is 0.272 e. The molecule has 1 aromatic carbocycles. The van der Waals surface area contributed by atoms with Crippen LogP contribution < -0.4 is 14.8 Å². The Labute approximate surface area is 172 Å². The summed E-state index contributed by atoms with van der Waals surface area (Å²) in [5.74, 6) is 1.35. The number of hydrogen-bond acceptors (Lipinski definition) is 6. The van der Waals surface area contributed by atoms with Crippen LogP contribution in [-0.4, -0.2) is 68.6 Å². The van der Waals surface area contributed by atoms with Crippen molar-refractivity contribution >= 4 is 11.6 Å². The molecule has 1 N–H and O–H groups in total. The van der Waals surface area contributed by atoms with Crippen molar-refractivity contribution in [2.45, 2.75) is 19.4 Å². The van der Waals surface area contributed by atoms with Gasteiger partial charge in [0.15, 0.2) is 11.5 Å². The number of pyridine rings is 1. The van der Waals surface area contributed by atoms with Gasteiger partial charge in [-0.3, -0.25) is 9.78 Å². The predicted octanol–water partition coefficient (Wildman–Crippen LogP) is 2.66. The fourth-order valence-corrected chi connectivity index (χ4v) is 3.50. The zero-order valence-corrected chi connectivity index (χ0v) is 17.7. The molecule has 0 bridgehead atoms. The summed E-state index contributed by atoms with van der Waals surface area (Å²) in [4.78, 5) is 21.3. The van der Waals surface area contributed by atoms with Gasteiger partial charge in [0.2, 0.25) is 0 Å². The van der Waals surface area contributed by atoms with Crippen molar-refractivity contribution in [3.05, 3.63) is 47.3 Å². The highest BCUT2D eigenvalue weighted by Gasteiger charge is 2.24. The first kappa shape index (κ1) is 20.9. The minimum Gasteiger partial charge on any atom is -0.493 e. The maximum absolute atomic E-state index is 13.0. The highest BCUT2D eigenvalue weighted by Crippen LogP contribution is 2.33. The molecule has 7 nitrogen and oxygen atoms in total. The standard InChI is InChI=1S/C22H30N4O3/c1-25(2)10-5-8-23-18-6-9-24-19(14-18)22(27)26-11-7-16-12-20(28-3)21(29-4)13-17(16)15-26/h6,9,12-14H,5,7-8,10-11,15H2,1-4H3,(H,23,24). The van der Waals surface area contributed by atoms with Crippen LogP contribution in [0.25, 0.3) is 0 Å². The first-order chi connectivity index (χ1) is 14.0. The van der Waals surface area contributed by atoms with Gasteiger partial charge < -0.3 is 24.6 Å². The van der Waals surface area contributed by atoms with E-state index in [0.717, 1.165) is 42.9 Å². The quantitative estimate of drug-likeness (QED) is 0.690. The van der Waals surface area contributed by atoms with Gasteiger partial charge in [-0.2, -0.15) is 0 Å². The number of ether oxygens (including phenoxy) is 2. The number of benzene rings is 1. The van der Waals surface area contributed by atoms with Crippen molar-refractivity contribution in [2.75, 3.05) is 53.3 Å². The van der Waals surface area contributed by atoms with Crippen molar-refractivity contribution < 1.29 is 14.3 Å². The fraction of sp³-hybridized carbons (Fsp3) is 0.455. The molecule has 2 aromatic rings. The molecule has 1 amide bonds. The van der Waals surface area contributed by atoms with E-state index in [1.165, 1.54) is 5.56 Å². The number of nitrogens with zero attached hydrogens (tertiary/aromatic N) is 3. The Kier molecular flexibility index (Phi) is 6.93. The van der Waals surface area contributed by atoms with Gasteiger partial charge >= 0.3 is 0 Å². The van der Waals surface area contributed by atoms with E-state index in [2.05, 4.69) is 29.3 Å². The van der Waals surface area contributed by atoms with Crippen LogP contribution >= 0.6 is 0 Å². The molecule has 0 fully saturated rings. The van der Waals surface area contributed by atoms with Crippen LogP contribution in [0, 0.1) is 0 Å². The number of fused-ring (bicyclic) bond motifs is 1. The van der Waals surface area contributed by atoms with E-state index in [1.807, 2.05) is 29.2 Å². The average molecular weight is 399 g/mol. The number of rotatable bonds is 8. The van der Waals surface area contributed by atoms with Crippen LogP contribution in [-0.2, 0) is 13.0 Å². The van der Waals surface area contributed by atoms with Crippen LogP contribution in [0.15, 0.2) is 30.5 Å². The Morgan fingerprint density at radius 2 is 1.90 bits per heavy atom. The lowest BCUT2D eigenvalue weighted by molar-refractivity contribution is 0.0728. The number of amides is 1. The van der Waals surface area contributed by atoms with Gasteiger partial charge in [0, 0.05) is 31.5 Å². The van der Waals surface area contributed by atoms with Crippen LogP contribution in [0.5, 0.6) is 11.5 Å². The van der Waals surface area contributed by atoms with Crippen molar-refractivity contribution in [2.24, 2.45) is 0 Å². The van der Waals surface area contributed by atoms with Gasteiger partial charge in [0.05, 0.1) is 14.2 Å². The van der Waals surface area contributed by atoms with Crippen molar-refractivity contribution in [1.82, 2.24) is 14.8 Å². The van der Waals surface area contributed by atoms with E-state index in [4.69, 9.17) is 9.47 Å². The first-order valence-corrected chi connectivity index (χ1v) is 9.89. The number of aromatic nitrogens is 1. The van der Waals surface area contributed by atoms with Gasteiger partial charge in [-0.05, 0) is 68.9 Å². The van der Waals surface area contributed by atoms with Gasteiger partial charge in [0.1, 0.15) is 5.69 Å². The molecular formula is C22H30N4O3. The lowest BCUT2D eigenvalue weighted by atomic mass is 9.98. The number of hydrogen-bond donors (Lipinski definition) is 1. The molecule has 0 radical (unpaired) electrons. The summed E-state index contributed by atoms with van der Waals surface area (Å²) in [6.07, 6.45) is 3.50. The molecule has 2 heterocycles. The number of nitrogens with one attached hydrogen (secondary N) is 1. The highest BCUT2D eigenvalue weighted by molar-refractivity contribution is 5.93. The summed E-state index contributed by atoms with van der Waals surface area (Å²) in [5, 5.41) is 3.37. The summed E-state index contributed by atoms with van der Waals surface area (Å²) in [7, 11) is 7.38. The van der Waals surface area contributed by atoms with Crippen molar-refractivity contribution in [3.63, 3.8) is 0 Å². The minimum absolute atomic E-state index is 0.0534. The Bertz CT molecular complexity index is 854. The molecule has 0 aliphatic carbocycles. The summed E-state index contributed by atoms with van der Waals surface area (Å²) in [6, 6.07) is 7.70. The monoisotopic (exact) mass is 398 g/mol. The topological polar surface area (TPSA) is 66.9 Å². The summed E-state index contributed by atoms with van der Waals surface area (Å²) < 4.78 is 10.8. The van der Waals surface area contributed by atoms with E-state index < -0.39 is 0 Å². The van der Waals surface area contributed by atoms with Crippen LogP contribution in [0.2, 0.25) is 0 Å². The number of methoxy groups -OCH3 is 2. The van der Waals surface area contributed by atoms with Gasteiger partial charge in [-0.25, -0.2) is 0 Å². The van der Waals surface area contributed by atoms with E-state index in [-0.39, 0.29) is 5.91 Å². The normalized spacial score (nSPS) is 13.2. The van der Waals surface area contributed by atoms with E-state index in [1.54, 1.807) is 20.4 Å². The molecular weight excluding hydrogens is 368 g/mol. The zero-order valence-electron chi connectivity index (χ0n) is 17.7. The molecule has 156 valence electrons.